The van der Waals surface area contributed by atoms with Crippen molar-refractivity contribution in [2.24, 2.45) is 11.3 Å². The fraction of sp³-hybridized carbons (Fsp3) is 0.857. The molecule has 1 fully saturated rings. The number of rotatable bonds is 0. The van der Waals surface area contributed by atoms with Crippen LogP contribution in [0.5, 0.6) is 0 Å². The Morgan fingerprint density at radius 1 is 1.57 bits per heavy atom. The highest BCUT2D eigenvalue weighted by Crippen LogP contribution is 2.44. The molecule has 0 aromatic rings. The van der Waals surface area contributed by atoms with Crippen LogP contribution in [0.15, 0.2) is 0 Å². The first-order chi connectivity index (χ1) is 3.13. The third-order valence-electron chi connectivity index (χ3n) is 2.24. The van der Waals surface area contributed by atoms with Crippen LogP contribution in [0.4, 0.5) is 0 Å². The Morgan fingerprint density at radius 2 is 2.00 bits per heavy atom. The van der Waals surface area contributed by atoms with Crippen molar-refractivity contribution >= 4 is 0 Å². The van der Waals surface area contributed by atoms with E-state index in [1.54, 1.807) is 0 Å². The summed E-state index contributed by atoms with van der Waals surface area (Å²) in [5.74, 6) is 0.729. The minimum absolute atomic E-state index is 0.569. The van der Waals surface area contributed by atoms with Crippen molar-refractivity contribution in [2.45, 2.75) is 26.7 Å². The molecule has 1 unspecified atom stereocenters. The molecule has 0 spiro atoms. The molecule has 1 radical (unpaired) electrons. The lowest BCUT2D eigenvalue weighted by molar-refractivity contribution is 0.112. The van der Waals surface area contributed by atoms with Gasteiger partial charge in [0.15, 0.2) is 0 Å². The van der Waals surface area contributed by atoms with Crippen LogP contribution in [0.3, 0.4) is 0 Å². The molecule has 7 heavy (non-hydrogen) atoms. The predicted octanol–water partition coefficient (Wildman–Crippen LogP) is 2.26. The number of hydrogen-bond acceptors (Lipinski definition) is 0. The van der Waals surface area contributed by atoms with Gasteiger partial charge >= 0.3 is 0 Å². The van der Waals surface area contributed by atoms with Crippen molar-refractivity contribution in [3.63, 3.8) is 0 Å². The highest BCUT2D eigenvalue weighted by atomic mass is 14.4. The van der Waals surface area contributed by atoms with E-state index in [0.29, 0.717) is 5.41 Å². The van der Waals surface area contributed by atoms with E-state index in [4.69, 9.17) is 0 Å². The monoisotopic (exact) mass is 97.1 g/mol. The van der Waals surface area contributed by atoms with E-state index >= 15 is 0 Å². The van der Waals surface area contributed by atoms with Crippen molar-refractivity contribution in [1.82, 2.24) is 0 Å². The van der Waals surface area contributed by atoms with E-state index < -0.39 is 0 Å². The van der Waals surface area contributed by atoms with Gasteiger partial charge in [-0.25, -0.2) is 0 Å². The lowest BCUT2D eigenvalue weighted by Crippen LogP contribution is -2.31. The van der Waals surface area contributed by atoms with Crippen molar-refractivity contribution in [1.29, 1.82) is 0 Å². The molecule has 1 aliphatic carbocycles. The fourth-order valence-corrected chi connectivity index (χ4v) is 0.926. The molecule has 0 aromatic carbocycles. The van der Waals surface area contributed by atoms with Gasteiger partial charge in [-0.15, -0.1) is 0 Å². The van der Waals surface area contributed by atoms with Gasteiger partial charge in [-0.2, -0.15) is 0 Å². The van der Waals surface area contributed by atoms with Gasteiger partial charge < -0.3 is 0 Å². The maximum Gasteiger partial charge on any atom is -0.0326 e. The second-order valence-corrected chi connectivity index (χ2v) is 3.22. The normalized spacial score (nSPS) is 37.3. The van der Waals surface area contributed by atoms with E-state index in [9.17, 15) is 0 Å². The highest BCUT2D eigenvalue weighted by Gasteiger charge is 2.34. The molecule has 0 aromatic heterocycles. The van der Waals surface area contributed by atoms with E-state index in [-0.39, 0.29) is 0 Å². The maximum atomic E-state index is 4.00. The zero-order chi connectivity index (χ0) is 5.49. The molecular formula is C7H13. The zero-order valence-corrected chi connectivity index (χ0v) is 5.20. The van der Waals surface area contributed by atoms with Crippen molar-refractivity contribution in [3.05, 3.63) is 6.92 Å². The van der Waals surface area contributed by atoms with E-state index in [2.05, 4.69) is 20.8 Å². The Morgan fingerprint density at radius 3 is 2.00 bits per heavy atom. The van der Waals surface area contributed by atoms with Gasteiger partial charge in [0.2, 0.25) is 0 Å². The largest absolute Gasteiger partial charge is 0.0596 e. The van der Waals surface area contributed by atoms with Crippen LogP contribution in [0, 0.1) is 18.3 Å². The first-order valence-electron chi connectivity index (χ1n) is 2.96. The lowest BCUT2D eigenvalue weighted by Gasteiger charge is -2.42. The van der Waals surface area contributed by atoms with Crippen LogP contribution in [0.25, 0.3) is 0 Å². The third kappa shape index (κ3) is 0.667. The van der Waals surface area contributed by atoms with Crippen molar-refractivity contribution in [3.8, 4) is 0 Å². The Kier molecular flexibility index (Phi) is 0.911. The smallest absolute Gasteiger partial charge is 0.0326 e. The molecule has 0 heteroatoms. The summed E-state index contributed by atoms with van der Waals surface area (Å²) in [5, 5.41) is 0. The van der Waals surface area contributed by atoms with Crippen LogP contribution in [0.2, 0.25) is 0 Å². The molecule has 1 saturated carbocycles. The maximum absolute atomic E-state index is 4.00. The van der Waals surface area contributed by atoms with E-state index in [1.807, 2.05) is 0 Å². The topological polar surface area (TPSA) is 0 Å². The van der Waals surface area contributed by atoms with Gasteiger partial charge in [-0.05, 0) is 31.1 Å². The van der Waals surface area contributed by atoms with Gasteiger partial charge in [0.05, 0.1) is 0 Å². The Labute approximate surface area is 45.9 Å². The summed E-state index contributed by atoms with van der Waals surface area (Å²) in [6, 6.07) is 0. The second kappa shape index (κ2) is 1.24. The van der Waals surface area contributed by atoms with E-state index in [0.717, 1.165) is 5.92 Å². The van der Waals surface area contributed by atoms with Crippen LogP contribution in [-0.4, -0.2) is 0 Å². The first kappa shape index (κ1) is 5.14. The summed E-state index contributed by atoms with van der Waals surface area (Å²) in [6.45, 7) is 8.57. The summed E-state index contributed by atoms with van der Waals surface area (Å²) in [4.78, 5) is 0. The zero-order valence-electron chi connectivity index (χ0n) is 5.20. The van der Waals surface area contributed by atoms with Crippen LogP contribution in [-0.2, 0) is 0 Å². The van der Waals surface area contributed by atoms with Crippen LogP contribution < -0.4 is 0 Å². The molecule has 41 valence electrons. The third-order valence-corrected chi connectivity index (χ3v) is 2.24. The molecule has 0 amide bonds. The average Bonchev–Trinajstić information content (AvgIpc) is 1.63. The minimum Gasteiger partial charge on any atom is -0.0596 e. The SMILES string of the molecule is [CH2]C1CCC1(C)C. The molecule has 0 nitrogen and oxygen atoms in total. The molecule has 1 atom stereocenters. The van der Waals surface area contributed by atoms with Crippen molar-refractivity contribution < 1.29 is 0 Å². The lowest BCUT2D eigenvalue weighted by atomic mass is 9.64. The van der Waals surface area contributed by atoms with Crippen LogP contribution >= 0.6 is 0 Å². The van der Waals surface area contributed by atoms with Gasteiger partial charge in [0, 0.05) is 0 Å². The molecule has 0 saturated heterocycles. The quantitative estimate of drug-likeness (QED) is 0.435. The Hall–Kier alpha value is 0. The second-order valence-electron chi connectivity index (χ2n) is 3.22. The molecule has 1 aliphatic rings. The first-order valence-corrected chi connectivity index (χ1v) is 2.96. The summed E-state index contributed by atoms with van der Waals surface area (Å²) >= 11 is 0. The van der Waals surface area contributed by atoms with Gasteiger partial charge in [-0.3, -0.25) is 0 Å². The summed E-state index contributed by atoms with van der Waals surface area (Å²) < 4.78 is 0. The summed E-state index contributed by atoms with van der Waals surface area (Å²) in [7, 11) is 0. The number of hydrogen-bond donors (Lipinski definition) is 0. The van der Waals surface area contributed by atoms with Crippen molar-refractivity contribution in [2.75, 3.05) is 0 Å². The fourth-order valence-electron chi connectivity index (χ4n) is 0.926. The average molecular weight is 97.2 g/mol. The molecule has 0 aliphatic heterocycles. The van der Waals surface area contributed by atoms with Crippen LogP contribution in [0.1, 0.15) is 26.7 Å². The molecular weight excluding hydrogens is 84.1 g/mol. The summed E-state index contributed by atoms with van der Waals surface area (Å²) in [5.41, 5.74) is 0.569. The minimum atomic E-state index is 0.569. The standard InChI is InChI=1S/C7H13/c1-6-4-5-7(6,2)3/h6H,1,4-5H2,2-3H3. The van der Waals surface area contributed by atoms with Gasteiger partial charge in [0.25, 0.3) is 0 Å². The molecule has 0 heterocycles. The summed E-state index contributed by atoms with van der Waals surface area (Å²) in [6.07, 6.45) is 2.72. The predicted molar refractivity (Wildman–Crippen MR) is 31.9 cm³/mol. The molecule has 0 N–H and O–H groups in total. The van der Waals surface area contributed by atoms with Gasteiger partial charge in [-0.1, -0.05) is 13.8 Å². The molecule has 0 bridgehead atoms. The van der Waals surface area contributed by atoms with E-state index in [1.165, 1.54) is 12.8 Å². The molecule has 1 rings (SSSR count). The Bertz CT molecular complexity index is 72.1. The Balaban J connectivity index is 2.43. The van der Waals surface area contributed by atoms with Gasteiger partial charge in [0.1, 0.15) is 0 Å². The highest BCUT2D eigenvalue weighted by molar-refractivity contribution is 4.89.